The fraction of sp³-hybridized carbons (Fsp3) is 0.200. The highest BCUT2D eigenvalue weighted by atomic mass is 79.9. The first-order valence-corrected chi connectivity index (χ1v) is 13.4. The number of aryl methyl sites for hydroxylation is 2. The van der Waals surface area contributed by atoms with Crippen molar-refractivity contribution in [3.63, 3.8) is 0 Å². The van der Waals surface area contributed by atoms with Gasteiger partial charge in [0.25, 0.3) is 17.7 Å². The van der Waals surface area contributed by atoms with E-state index in [1.165, 1.54) is 25.3 Å². The Hall–Kier alpha value is -4.64. The summed E-state index contributed by atoms with van der Waals surface area (Å²) in [6, 6.07) is 14.3. The highest BCUT2D eigenvalue weighted by Crippen LogP contribution is 2.38. The minimum atomic E-state index is -0.860. The molecule has 1 heterocycles. The van der Waals surface area contributed by atoms with E-state index >= 15 is 0 Å². The molecule has 0 saturated carbocycles. The molecule has 1 fully saturated rings. The number of methoxy groups -OCH3 is 1. The normalized spacial score (nSPS) is 14.1. The number of carbonyl (C=O) groups excluding carboxylic acids is 4. The Labute approximate surface area is 245 Å². The third-order valence-electron chi connectivity index (χ3n) is 6.08. The fourth-order valence-corrected chi connectivity index (χ4v) is 4.72. The third kappa shape index (κ3) is 6.75. The maximum atomic E-state index is 13.3. The molecule has 41 heavy (non-hydrogen) atoms. The molecule has 0 radical (unpaired) electrons. The average molecular weight is 622 g/mol. The molecule has 0 unspecified atom stereocenters. The number of benzene rings is 3. The number of imide groups is 2. The van der Waals surface area contributed by atoms with E-state index in [-0.39, 0.29) is 36.1 Å². The molecule has 0 atom stereocenters. The number of rotatable bonds is 9. The van der Waals surface area contributed by atoms with Gasteiger partial charge < -0.3 is 19.5 Å². The molecule has 2 N–H and O–H groups in total. The van der Waals surface area contributed by atoms with Gasteiger partial charge in [-0.15, -0.1) is 0 Å². The first kappa shape index (κ1) is 29.3. The second-order valence-corrected chi connectivity index (χ2v) is 9.93. The molecule has 0 aromatic heterocycles. The average Bonchev–Trinajstić information content (AvgIpc) is 2.92. The van der Waals surface area contributed by atoms with Crippen molar-refractivity contribution in [2.24, 2.45) is 0 Å². The zero-order valence-corrected chi connectivity index (χ0v) is 24.5. The van der Waals surface area contributed by atoms with E-state index in [2.05, 4.69) is 26.6 Å². The predicted molar refractivity (Wildman–Crippen MR) is 157 cm³/mol. The van der Waals surface area contributed by atoms with Crippen LogP contribution in [0, 0.1) is 13.8 Å². The van der Waals surface area contributed by atoms with E-state index in [1.54, 1.807) is 31.2 Å². The van der Waals surface area contributed by atoms with Crippen LogP contribution in [0.15, 0.2) is 64.6 Å². The smallest absolute Gasteiger partial charge is 0.335 e. The van der Waals surface area contributed by atoms with Gasteiger partial charge in [-0.3, -0.25) is 19.7 Å². The summed E-state index contributed by atoms with van der Waals surface area (Å²) in [6.45, 7) is 5.67. The van der Waals surface area contributed by atoms with Crippen LogP contribution < -0.4 is 29.7 Å². The summed E-state index contributed by atoms with van der Waals surface area (Å²) >= 11 is 3.44. The van der Waals surface area contributed by atoms with Gasteiger partial charge in [0.15, 0.2) is 18.1 Å². The minimum absolute atomic E-state index is 0.253. The van der Waals surface area contributed by atoms with Crippen LogP contribution in [-0.2, 0) is 14.4 Å². The molecule has 5 amide bonds. The lowest BCUT2D eigenvalue weighted by molar-refractivity contribution is -0.122. The van der Waals surface area contributed by atoms with Crippen molar-refractivity contribution in [2.75, 3.05) is 30.5 Å². The van der Waals surface area contributed by atoms with Gasteiger partial charge in [0.1, 0.15) is 11.3 Å². The first-order chi connectivity index (χ1) is 19.6. The van der Waals surface area contributed by atoms with Gasteiger partial charge in [-0.2, -0.15) is 0 Å². The summed E-state index contributed by atoms with van der Waals surface area (Å²) < 4.78 is 17.1. The van der Waals surface area contributed by atoms with Crippen molar-refractivity contribution < 1.29 is 33.4 Å². The quantitative estimate of drug-likeness (QED) is 0.250. The summed E-state index contributed by atoms with van der Waals surface area (Å²) in [7, 11) is 1.50. The number of nitrogens with zero attached hydrogens (tertiary/aromatic N) is 1. The number of anilines is 2. The fourth-order valence-electron chi connectivity index (χ4n) is 4.14. The molecule has 10 nitrogen and oxygen atoms in total. The molecule has 1 aliphatic heterocycles. The molecule has 3 aromatic carbocycles. The Kier molecular flexibility index (Phi) is 9.08. The number of hydrogen-bond acceptors (Lipinski definition) is 7. The van der Waals surface area contributed by atoms with Crippen LogP contribution >= 0.6 is 15.9 Å². The Bertz CT molecular complexity index is 1550. The highest BCUT2D eigenvalue weighted by molar-refractivity contribution is 9.10. The second-order valence-electron chi connectivity index (χ2n) is 9.07. The Morgan fingerprint density at radius 2 is 1.76 bits per heavy atom. The van der Waals surface area contributed by atoms with Crippen molar-refractivity contribution in [1.29, 1.82) is 0 Å². The SMILES string of the molecule is CCOc1cc(/C=C2\C(=O)NC(=O)N(c3ccc(OC)cc3)C2=O)cc(Br)c1OCC(=O)Nc1ccc(C)cc1C. The highest BCUT2D eigenvalue weighted by Gasteiger charge is 2.37. The molecule has 0 spiro atoms. The van der Waals surface area contributed by atoms with Crippen molar-refractivity contribution in [1.82, 2.24) is 5.32 Å². The summed E-state index contributed by atoms with van der Waals surface area (Å²) in [5.74, 6) is -0.864. The maximum Gasteiger partial charge on any atom is 0.335 e. The molecule has 4 rings (SSSR count). The molecule has 212 valence electrons. The van der Waals surface area contributed by atoms with Gasteiger partial charge >= 0.3 is 6.03 Å². The Morgan fingerprint density at radius 1 is 1.02 bits per heavy atom. The van der Waals surface area contributed by atoms with E-state index in [0.29, 0.717) is 27.2 Å². The summed E-state index contributed by atoms with van der Waals surface area (Å²) in [4.78, 5) is 51.9. The monoisotopic (exact) mass is 621 g/mol. The van der Waals surface area contributed by atoms with Gasteiger partial charge in [0.05, 0.1) is 23.9 Å². The van der Waals surface area contributed by atoms with Gasteiger partial charge in [-0.1, -0.05) is 17.7 Å². The van der Waals surface area contributed by atoms with Crippen LogP contribution in [-0.4, -0.2) is 44.1 Å². The van der Waals surface area contributed by atoms with Crippen LogP contribution in [0.4, 0.5) is 16.2 Å². The lowest BCUT2D eigenvalue weighted by Gasteiger charge is -2.26. The largest absolute Gasteiger partial charge is 0.497 e. The lowest BCUT2D eigenvalue weighted by atomic mass is 10.1. The van der Waals surface area contributed by atoms with Crippen molar-refractivity contribution >= 4 is 57.1 Å². The van der Waals surface area contributed by atoms with Crippen LogP contribution in [0.2, 0.25) is 0 Å². The molecule has 1 saturated heterocycles. The summed E-state index contributed by atoms with van der Waals surface area (Å²) in [6.07, 6.45) is 1.35. The number of ether oxygens (including phenoxy) is 3. The molecule has 0 aliphatic carbocycles. The molecule has 11 heteroatoms. The number of carbonyl (C=O) groups is 4. The second kappa shape index (κ2) is 12.7. The topological polar surface area (TPSA) is 123 Å². The molecule has 1 aliphatic rings. The number of amides is 5. The van der Waals surface area contributed by atoms with Gasteiger partial charge in [-0.25, -0.2) is 9.69 Å². The first-order valence-electron chi connectivity index (χ1n) is 12.6. The van der Waals surface area contributed by atoms with E-state index < -0.39 is 17.8 Å². The Morgan fingerprint density at radius 3 is 2.41 bits per heavy atom. The number of urea groups is 1. The van der Waals surface area contributed by atoms with Crippen LogP contribution in [0.1, 0.15) is 23.6 Å². The molecular weight excluding hydrogens is 594 g/mol. The van der Waals surface area contributed by atoms with E-state index in [9.17, 15) is 19.2 Å². The Balaban J connectivity index is 1.57. The molecular formula is C30H28BrN3O7. The van der Waals surface area contributed by atoms with E-state index in [0.717, 1.165) is 16.0 Å². The minimum Gasteiger partial charge on any atom is -0.497 e. The van der Waals surface area contributed by atoms with Crippen molar-refractivity contribution in [2.45, 2.75) is 20.8 Å². The zero-order valence-electron chi connectivity index (χ0n) is 22.9. The summed E-state index contributed by atoms with van der Waals surface area (Å²) in [5, 5.41) is 5.03. The van der Waals surface area contributed by atoms with Gasteiger partial charge in [0.2, 0.25) is 0 Å². The summed E-state index contributed by atoms with van der Waals surface area (Å²) in [5.41, 5.74) is 3.15. The van der Waals surface area contributed by atoms with Crippen LogP contribution in [0.5, 0.6) is 17.2 Å². The zero-order chi connectivity index (χ0) is 29.7. The van der Waals surface area contributed by atoms with Crippen LogP contribution in [0.3, 0.4) is 0 Å². The predicted octanol–water partition coefficient (Wildman–Crippen LogP) is 5.16. The maximum absolute atomic E-state index is 13.3. The number of nitrogens with one attached hydrogen (secondary N) is 2. The van der Waals surface area contributed by atoms with Gasteiger partial charge in [0, 0.05) is 5.69 Å². The standard InChI is InChI=1S/C30H28BrN3O7/c1-5-40-25-15-19(14-23(31)27(25)41-16-26(35)32-24-11-6-17(2)12-18(24)3)13-22-28(36)33-30(38)34(29(22)37)20-7-9-21(39-4)10-8-20/h6-15H,5,16H2,1-4H3,(H,32,35)(H,33,36,38)/b22-13+. The van der Waals surface area contributed by atoms with Crippen molar-refractivity contribution in [3.05, 3.63) is 81.3 Å². The van der Waals surface area contributed by atoms with E-state index in [1.807, 2.05) is 32.0 Å². The lowest BCUT2D eigenvalue weighted by Crippen LogP contribution is -2.54. The van der Waals surface area contributed by atoms with Gasteiger partial charge in [-0.05, 0) is 96.4 Å². The van der Waals surface area contributed by atoms with E-state index in [4.69, 9.17) is 14.2 Å². The third-order valence-corrected chi connectivity index (χ3v) is 6.67. The number of halogens is 1. The molecule has 0 bridgehead atoms. The van der Waals surface area contributed by atoms with Crippen LogP contribution in [0.25, 0.3) is 6.08 Å². The van der Waals surface area contributed by atoms with Crippen molar-refractivity contribution in [3.8, 4) is 17.2 Å². The molecule has 3 aromatic rings. The number of hydrogen-bond donors (Lipinski definition) is 2. The number of barbiturate groups is 1.